The molecule has 0 amide bonds. The summed E-state index contributed by atoms with van der Waals surface area (Å²) in [6, 6.07) is 7.39. The molecule has 12 heteroatoms. The van der Waals surface area contributed by atoms with Crippen molar-refractivity contribution in [3.05, 3.63) is 71.2 Å². The zero-order chi connectivity index (χ0) is 22.4. The van der Waals surface area contributed by atoms with E-state index in [1.54, 1.807) is 16.7 Å². The van der Waals surface area contributed by atoms with Crippen LogP contribution in [0.3, 0.4) is 0 Å². The topological polar surface area (TPSA) is 142 Å². The summed E-state index contributed by atoms with van der Waals surface area (Å²) in [5, 5.41) is 20.8. The van der Waals surface area contributed by atoms with Crippen molar-refractivity contribution >= 4 is 34.2 Å². The quantitative estimate of drug-likeness (QED) is 0.483. The molecule has 0 aliphatic heterocycles. The number of nitrogens with one attached hydrogen (secondary N) is 2. The van der Waals surface area contributed by atoms with Crippen LogP contribution in [0.1, 0.15) is 25.6 Å². The van der Waals surface area contributed by atoms with E-state index in [2.05, 4.69) is 15.3 Å². The van der Waals surface area contributed by atoms with Crippen molar-refractivity contribution < 1.29 is 0 Å². The van der Waals surface area contributed by atoms with E-state index >= 15 is 0 Å². The minimum Gasteiger partial charge on any atom is -0.291 e. The van der Waals surface area contributed by atoms with Crippen molar-refractivity contribution in [2.24, 2.45) is 0 Å². The molecule has 3 heterocycles. The number of benzene rings is 1. The highest BCUT2D eigenvalue weighted by Crippen LogP contribution is 2.38. The van der Waals surface area contributed by atoms with Gasteiger partial charge in [0, 0.05) is 23.1 Å². The molecule has 0 radical (unpaired) electrons. The van der Waals surface area contributed by atoms with Gasteiger partial charge in [-0.25, -0.2) is 4.79 Å². The van der Waals surface area contributed by atoms with Gasteiger partial charge in [0.1, 0.15) is 17.4 Å². The second-order valence-electron chi connectivity index (χ2n) is 6.89. The highest BCUT2D eigenvalue weighted by Gasteiger charge is 2.20. The third-order valence-electron chi connectivity index (χ3n) is 4.61. The molecule has 0 unspecified atom stereocenters. The van der Waals surface area contributed by atoms with Gasteiger partial charge in [-0.1, -0.05) is 23.2 Å². The Morgan fingerprint density at radius 2 is 1.81 bits per heavy atom. The van der Waals surface area contributed by atoms with Gasteiger partial charge in [0.2, 0.25) is 5.69 Å². The smallest absolute Gasteiger partial charge is 0.291 e. The van der Waals surface area contributed by atoms with Crippen molar-refractivity contribution in [1.29, 1.82) is 5.26 Å². The number of nitrogens with zero attached hydrogens (tertiary/aromatic N) is 5. The van der Waals surface area contributed by atoms with Gasteiger partial charge in [-0.05, 0) is 32.0 Å². The first-order chi connectivity index (χ1) is 14.7. The highest BCUT2D eigenvalue weighted by atomic mass is 35.5. The van der Waals surface area contributed by atoms with E-state index in [1.807, 2.05) is 18.8 Å². The monoisotopic (exact) mass is 457 g/mol. The van der Waals surface area contributed by atoms with Gasteiger partial charge in [0.15, 0.2) is 0 Å². The molecule has 0 fully saturated rings. The summed E-state index contributed by atoms with van der Waals surface area (Å²) in [5.41, 5.74) is -0.938. The number of aromatic nitrogens is 6. The van der Waals surface area contributed by atoms with E-state index < -0.39 is 16.9 Å². The first-order valence-electron chi connectivity index (χ1n) is 8.96. The number of hydrogen-bond acceptors (Lipinski definition) is 6. The van der Waals surface area contributed by atoms with Crippen molar-refractivity contribution in [3.63, 3.8) is 0 Å². The van der Waals surface area contributed by atoms with E-state index in [0.717, 1.165) is 4.68 Å². The van der Waals surface area contributed by atoms with Crippen LogP contribution in [0.25, 0.3) is 28.0 Å². The molecule has 31 heavy (non-hydrogen) atoms. The van der Waals surface area contributed by atoms with Gasteiger partial charge in [0.05, 0.1) is 15.7 Å². The molecule has 0 atom stereocenters. The SMILES string of the molecule is CC(C)n1c(=O)ccc2c(-c3c(Cl)cc(-n4nc(C#N)c(=O)[nH]c4=O)cc3Cl)n[nH]c21. The van der Waals surface area contributed by atoms with Crippen molar-refractivity contribution in [2.75, 3.05) is 0 Å². The summed E-state index contributed by atoms with van der Waals surface area (Å²) < 4.78 is 2.38. The molecule has 0 bridgehead atoms. The van der Waals surface area contributed by atoms with Crippen LogP contribution < -0.4 is 16.8 Å². The molecule has 0 spiro atoms. The van der Waals surface area contributed by atoms with Gasteiger partial charge in [0.25, 0.3) is 11.1 Å². The minimum absolute atomic E-state index is 0.106. The van der Waals surface area contributed by atoms with Gasteiger partial charge < -0.3 is 0 Å². The van der Waals surface area contributed by atoms with Crippen molar-refractivity contribution in [2.45, 2.75) is 19.9 Å². The number of rotatable bonds is 3. The molecule has 4 rings (SSSR count). The van der Waals surface area contributed by atoms with E-state index in [4.69, 9.17) is 28.5 Å². The second kappa shape index (κ2) is 7.54. The van der Waals surface area contributed by atoms with Gasteiger partial charge in [-0.15, -0.1) is 5.10 Å². The number of hydrogen-bond donors (Lipinski definition) is 2. The van der Waals surface area contributed by atoms with Crippen LogP contribution in [0.15, 0.2) is 38.6 Å². The lowest BCUT2D eigenvalue weighted by Crippen LogP contribution is -2.33. The molecule has 0 aliphatic rings. The van der Waals surface area contributed by atoms with Crippen LogP contribution in [0.2, 0.25) is 10.0 Å². The third kappa shape index (κ3) is 3.34. The first kappa shape index (κ1) is 20.6. The molecular formula is C19H13Cl2N7O3. The van der Waals surface area contributed by atoms with Crippen LogP contribution in [0, 0.1) is 11.3 Å². The van der Waals surface area contributed by atoms with Crippen LogP contribution >= 0.6 is 23.2 Å². The molecule has 156 valence electrons. The lowest BCUT2D eigenvalue weighted by molar-refractivity contribution is 0.594. The number of nitriles is 1. The fourth-order valence-electron chi connectivity index (χ4n) is 3.29. The largest absolute Gasteiger partial charge is 0.349 e. The van der Waals surface area contributed by atoms with Gasteiger partial charge in [-0.2, -0.15) is 15.0 Å². The Kier molecular flexibility index (Phi) is 5.00. The molecule has 2 N–H and O–H groups in total. The van der Waals surface area contributed by atoms with E-state index in [1.165, 1.54) is 18.2 Å². The Hall–Kier alpha value is -3.68. The van der Waals surface area contributed by atoms with E-state index in [9.17, 15) is 14.4 Å². The standard InChI is InChI=1S/C19H13Cl2N7O3/c1-8(2)27-14(29)4-3-10-16(24-25-17(10)27)15-11(20)5-9(6-12(15)21)28-19(31)23-18(30)13(7-22)26-28/h3-6,8H,1-2H3,(H,24,25)(H,23,30,31). The maximum Gasteiger partial charge on any atom is 0.349 e. The fourth-order valence-corrected chi connectivity index (χ4v) is 3.94. The van der Waals surface area contributed by atoms with Gasteiger partial charge in [-0.3, -0.25) is 24.2 Å². The molecule has 4 aromatic rings. The normalized spacial score (nSPS) is 11.2. The summed E-state index contributed by atoms with van der Waals surface area (Å²) in [6.07, 6.45) is 0. The zero-order valence-electron chi connectivity index (χ0n) is 16.1. The molecule has 1 aromatic carbocycles. The Morgan fingerprint density at radius 3 is 2.42 bits per heavy atom. The Bertz CT molecular complexity index is 1550. The predicted octanol–water partition coefficient (Wildman–Crippen LogP) is 2.39. The molecule has 0 saturated heterocycles. The second-order valence-corrected chi connectivity index (χ2v) is 7.70. The molecule has 3 aromatic heterocycles. The lowest BCUT2D eigenvalue weighted by atomic mass is 10.1. The summed E-state index contributed by atoms with van der Waals surface area (Å²) in [4.78, 5) is 38.0. The maximum atomic E-state index is 12.2. The Balaban J connectivity index is 1.94. The van der Waals surface area contributed by atoms with E-state index in [-0.39, 0.29) is 27.3 Å². The maximum absolute atomic E-state index is 12.2. The summed E-state index contributed by atoms with van der Waals surface area (Å²) in [6.45, 7) is 3.75. The zero-order valence-corrected chi connectivity index (χ0v) is 17.6. The third-order valence-corrected chi connectivity index (χ3v) is 5.21. The minimum atomic E-state index is -0.892. The average molecular weight is 458 g/mol. The molecule has 0 aliphatic carbocycles. The Labute approximate surface area is 183 Å². The number of aromatic amines is 2. The molecule has 0 saturated carbocycles. The van der Waals surface area contributed by atoms with Crippen LogP contribution in [0.4, 0.5) is 0 Å². The summed E-state index contributed by atoms with van der Waals surface area (Å²) in [5.74, 6) is 0. The van der Waals surface area contributed by atoms with Gasteiger partial charge >= 0.3 is 5.69 Å². The van der Waals surface area contributed by atoms with Crippen molar-refractivity contribution in [3.8, 4) is 23.0 Å². The highest BCUT2D eigenvalue weighted by molar-refractivity contribution is 6.39. The van der Waals surface area contributed by atoms with Crippen LogP contribution in [-0.2, 0) is 0 Å². The summed E-state index contributed by atoms with van der Waals surface area (Å²) >= 11 is 13.0. The van der Waals surface area contributed by atoms with E-state index in [0.29, 0.717) is 22.3 Å². The summed E-state index contributed by atoms with van der Waals surface area (Å²) in [7, 11) is 0. The van der Waals surface area contributed by atoms with Crippen LogP contribution in [-0.4, -0.2) is 29.5 Å². The predicted molar refractivity (Wildman–Crippen MR) is 115 cm³/mol. The fraction of sp³-hybridized carbons (Fsp3) is 0.158. The number of fused-ring (bicyclic) bond motifs is 1. The van der Waals surface area contributed by atoms with Crippen molar-refractivity contribution in [1.82, 2.24) is 29.5 Å². The molecular weight excluding hydrogens is 445 g/mol. The Morgan fingerprint density at radius 1 is 1.13 bits per heavy atom. The lowest BCUT2D eigenvalue weighted by Gasteiger charge is -2.11. The number of H-pyrrole nitrogens is 2. The number of halogens is 2. The molecule has 10 nitrogen and oxygen atoms in total. The number of pyridine rings is 1. The average Bonchev–Trinajstić information content (AvgIpc) is 3.10. The first-order valence-corrected chi connectivity index (χ1v) is 9.71. The van der Waals surface area contributed by atoms with Crippen LogP contribution in [0.5, 0.6) is 0 Å².